The monoisotopic (exact) mass is 598 g/mol. The molecule has 1 aliphatic carbocycles. The summed E-state index contributed by atoms with van der Waals surface area (Å²) in [4.78, 5) is 10.1. The van der Waals surface area contributed by atoms with Crippen LogP contribution in [0.5, 0.6) is 0 Å². The Morgan fingerprint density at radius 2 is 1.00 bits per heavy atom. The zero-order chi connectivity index (χ0) is 30.9. The van der Waals surface area contributed by atoms with Crippen LogP contribution in [0, 0.1) is 0 Å². The molecule has 0 spiro atoms. The molecular weight excluding hydrogens is 572 g/mol. The van der Waals surface area contributed by atoms with Crippen LogP contribution in [0.1, 0.15) is 0 Å². The van der Waals surface area contributed by atoms with E-state index in [-0.39, 0.29) is 0 Å². The lowest BCUT2D eigenvalue weighted by molar-refractivity contribution is 0.670. The molecule has 0 aliphatic heterocycles. The van der Waals surface area contributed by atoms with E-state index in [0.717, 1.165) is 55.6 Å². The van der Waals surface area contributed by atoms with Crippen LogP contribution >= 0.6 is 0 Å². The van der Waals surface area contributed by atoms with Crippen molar-refractivity contribution < 1.29 is 4.42 Å². The van der Waals surface area contributed by atoms with Gasteiger partial charge >= 0.3 is 0 Å². The van der Waals surface area contributed by atoms with Crippen LogP contribution in [0.15, 0.2) is 162 Å². The maximum absolute atomic E-state index is 6.60. The summed E-state index contributed by atoms with van der Waals surface area (Å²) in [5.74, 6) is 0.704. The highest BCUT2D eigenvalue weighted by Crippen LogP contribution is 2.55. The van der Waals surface area contributed by atoms with Crippen molar-refractivity contribution in [2.45, 2.75) is 0 Å². The van der Waals surface area contributed by atoms with Crippen LogP contribution < -0.4 is 0 Å². The lowest BCUT2D eigenvalue weighted by Crippen LogP contribution is -1.96. The minimum absolute atomic E-state index is 0.704. The highest BCUT2D eigenvalue weighted by molar-refractivity contribution is 6.26. The van der Waals surface area contributed by atoms with Crippen molar-refractivity contribution in [2.24, 2.45) is 0 Å². The molecule has 218 valence electrons. The van der Waals surface area contributed by atoms with Gasteiger partial charge < -0.3 is 4.42 Å². The van der Waals surface area contributed by atoms with Gasteiger partial charge in [0.05, 0.1) is 11.4 Å². The van der Waals surface area contributed by atoms with Crippen molar-refractivity contribution in [1.82, 2.24) is 9.97 Å². The van der Waals surface area contributed by atoms with Gasteiger partial charge in [0.2, 0.25) is 0 Å². The molecule has 0 N–H and O–H groups in total. The fraction of sp³-hybridized carbons (Fsp3) is 0. The smallest absolute Gasteiger partial charge is 0.160 e. The van der Waals surface area contributed by atoms with Gasteiger partial charge in [0.25, 0.3) is 0 Å². The van der Waals surface area contributed by atoms with Gasteiger partial charge in [-0.15, -0.1) is 0 Å². The number of hydrogen-bond acceptors (Lipinski definition) is 3. The van der Waals surface area contributed by atoms with Gasteiger partial charge in [-0.05, 0) is 51.2 Å². The molecule has 0 unspecified atom stereocenters. The van der Waals surface area contributed by atoms with Crippen LogP contribution in [0.3, 0.4) is 0 Å². The van der Waals surface area contributed by atoms with Crippen molar-refractivity contribution in [3.05, 3.63) is 158 Å². The van der Waals surface area contributed by atoms with E-state index in [1.807, 2.05) is 42.5 Å². The summed E-state index contributed by atoms with van der Waals surface area (Å²) >= 11 is 0. The Balaban J connectivity index is 1.17. The Morgan fingerprint density at radius 1 is 0.404 bits per heavy atom. The minimum Gasteiger partial charge on any atom is -0.455 e. The molecule has 0 bridgehead atoms. The topological polar surface area (TPSA) is 38.9 Å². The molecule has 0 saturated carbocycles. The largest absolute Gasteiger partial charge is 0.455 e. The summed E-state index contributed by atoms with van der Waals surface area (Å²) in [6.45, 7) is 0. The maximum atomic E-state index is 6.60. The average molecular weight is 599 g/mol. The number of aromatic nitrogens is 2. The van der Waals surface area contributed by atoms with Gasteiger partial charge in [0, 0.05) is 38.6 Å². The summed E-state index contributed by atoms with van der Waals surface area (Å²) < 4.78 is 6.60. The fourth-order valence-corrected chi connectivity index (χ4v) is 7.27. The number of hydrogen-bond donors (Lipinski definition) is 0. The third-order valence-electron chi connectivity index (χ3n) is 9.43. The predicted octanol–water partition coefficient (Wildman–Crippen LogP) is 11.8. The van der Waals surface area contributed by atoms with Gasteiger partial charge in [0.15, 0.2) is 5.82 Å². The molecule has 10 rings (SSSR count). The van der Waals surface area contributed by atoms with Crippen LogP contribution in [-0.2, 0) is 0 Å². The molecule has 2 heterocycles. The Labute approximate surface area is 271 Å². The molecular formula is C44H26N2O. The van der Waals surface area contributed by atoms with E-state index < -0.39 is 0 Å². The minimum atomic E-state index is 0.704. The second-order valence-corrected chi connectivity index (χ2v) is 12.1. The first kappa shape index (κ1) is 26.0. The van der Waals surface area contributed by atoms with Crippen LogP contribution in [0.25, 0.3) is 100.0 Å². The number of benzene rings is 7. The third-order valence-corrected chi connectivity index (χ3v) is 9.43. The summed E-state index contributed by atoms with van der Waals surface area (Å²) in [6, 6.07) is 55.3. The van der Waals surface area contributed by atoms with Gasteiger partial charge in [0.1, 0.15) is 11.2 Å². The van der Waals surface area contributed by atoms with E-state index in [1.54, 1.807) is 0 Å². The SMILES string of the molecule is c1ccc(-c2cc(-c3ccccc3)nc(-c3ccc(-c4cc5c(oc6ccccc65)c5c4-c4cccc6cccc-5c46)cc3)n2)cc1. The van der Waals surface area contributed by atoms with E-state index in [1.165, 1.54) is 38.6 Å². The lowest BCUT2D eigenvalue weighted by atomic mass is 9.90. The number of furan rings is 1. The molecule has 0 fully saturated rings. The summed E-state index contributed by atoms with van der Waals surface area (Å²) in [7, 11) is 0. The first-order valence-corrected chi connectivity index (χ1v) is 15.9. The quantitative estimate of drug-likeness (QED) is 0.202. The molecule has 0 radical (unpaired) electrons. The third kappa shape index (κ3) is 4.00. The molecule has 3 nitrogen and oxygen atoms in total. The van der Waals surface area contributed by atoms with Crippen molar-refractivity contribution in [1.29, 1.82) is 0 Å². The predicted molar refractivity (Wildman–Crippen MR) is 193 cm³/mol. The zero-order valence-electron chi connectivity index (χ0n) is 25.3. The van der Waals surface area contributed by atoms with Crippen molar-refractivity contribution >= 4 is 32.7 Å². The van der Waals surface area contributed by atoms with E-state index in [0.29, 0.717) is 5.82 Å². The van der Waals surface area contributed by atoms with E-state index in [9.17, 15) is 0 Å². The first-order valence-electron chi connectivity index (χ1n) is 15.9. The fourth-order valence-electron chi connectivity index (χ4n) is 7.27. The van der Waals surface area contributed by atoms with Gasteiger partial charge in [-0.1, -0.05) is 140 Å². The number of rotatable bonds is 4. The maximum Gasteiger partial charge on any atom is 0.160 e. The van der Waals surface area contributed by atoms with Crippen LogP contribution in [0.4, 0.5) is 0 Å². The Morgan fingerprint density at radius 3 is 1.68 bits per heavy atom. The number of para-hydroxylation sites is 1. The molecule has 9 aromatic rings. The van der Waals surface area contributed by atoms with Crippen molar-refractivity contribution in [3.8, 4) is 67.3 Å². The van der Waals surface area contributed by atoms with Gasteiger partial charge in [-0.2, -0.15) is 0 Å². The molecule has 3 heteroatoms. The molecule has 47 heavy (non-hydrogen) atoms. The molecule has 1 aliphatic rings. The van der Waals surface area contributed by atoms with Crippen molar-refractivity contribution in [2.75, 3.05) is 0 Å². The molecule has 0 saturated heterocycles. The van der Waals surface area contributed by atoms with Crippen LogP contribution in [0.2, 0.25) is 0 Å². The van der Waals surface area contributed by atoms with Crippen LogP contribution in [-0.4, -0.2) is 9.97 Å². The van der Waals surface area contributed by atoms with Gasteiger partial charge in [-0.3, -0.25) is 0 Å². The standard InChI is InChI=1S/C44H26N2O/c1-3-11-28(12-4-1)37-26-38(29-13-5-2-6-14-29)46-44(45-37)31-23-21-27(22-24-31)35-25-36-32-17-7-8-20-39(32)47-43(36)42-34-19-10-16-30-15-9-18-33(40(30)34)41(35)42/h1-26H. The Bertz CT molecular complexity index is 2590. The molecule has 7 aromatic carbocycles. The summed E-state index contributed by atoms with van der Waals surface area (Å²) in [5.41, 5.74) is 14.0. The number of fused-ring (bicyclic) bond motifs is 7. The molecule has 2 aromatic heterocycles. The van der Waals surface area contributed by atoms with E-state index in [2.05, 4.69) is 115 Å². The highest BCUT2D eigenvalue weighted by atomic mass is 16.3. The molecule has 0 amide bonds. The Hall–Kier alpha value is -6.32. The first-order chi connectivity index (χ1) is 23.3. The highest BCUT2D eigenvalue weighted by Gasteiger charge is 2.29. The summed E-state index contributed by atoms with van der Waals surface area (Å²) in [5, 5.41) is 4.79. The summed E-state index contributed by atoms with van der Waals surface area (Å²) in [6.07, 6.45) is 0. The average Bonchev–Trinajstić information content (AvgIpc) is 3.69. The Kier molecular flexibility index (Phi) is 5.57. The second kappa shape index (κ2) is 10.1. The second-order valence-electron chi connectivity index (χ2n) is 12.1. The van der Waals surface area contributed by atoms with Crippen molar-refractivity contribution in [3.63, 3.8) is 0 Å². The van der Waals surface area contributed by atoms with Gasteiger partial charge in [-0.25, -0.2) is 9.97 Å². The van der Waals surface area contributed by atoms with E-state index in [4.69, 9.17) is 14.4 Å². The lowest BCUT2D eigenvalue weighted by Gasteiger charge is -2.13. The number of nitrogens with zero attached hydrogens (tertiary/aromatic N) is 2. The molecule has 0 atom stereocenters. The normalized spacial score (nSPS) is 11.8. The zero-order valence-corrected chi connectivity index (χ0v) is 25.3. The van der Waals surface area contributed by atoms with E-state index >= 15 is 0 Å².